The van der Waals surface area contributed by atoms with E-state index in [0.717, 1.165) is 16.3 Å². The highest BCUT2D eigenvalue weighted by Gasteiger charge is 2.14. The molecule has 3 heteroatoms. The van der Waals surface area contributed by atoms with E-state index in [1.165, 1.54) is 5.56 Å². The Morgan fingerprint density at radius 2 is 2.13 bits per heavy atom. The van der Waals surface area contributed by atoms with Gasteiger partial charge in [-0.25, -0.2) is 0 Å². The van der Waals surface area contributed by atoms with Gasteiger partial charge in [0, 0.05) is 11.8 Å². The normalized spacial score (nSPS) is 10.9. The molecular formula is C12H14N2S. The second kappa shape index (κ2) is 4.03. The monoisotopic (exact) mass is 218 g/mol. The molecule has 0 aliphatic carbocycles. The van der Waals surface area contributed by atoms with Gasteiger partial charge in [-0.1, -0.05) is 19.9 Å². The summed E-state index contributed by atoms with van der Waals surface area (Å²) in [6.07, 6.45) is 1.80. The lowest BCUT2D eigenvalue weighted by Gasteiger charge is -2.07. The van der Waals surface area contributed by atoms with Crippen LogP contribution in [0.5, 0.6) is 0 Å². The maximum Gasteiger partial charge on any atom is 0.0954 e. The van der Waals surface area contributed by atoms with E-state index in [-0.39, 0.29) is 0 Å². The third-order valence-electron chi connectivity index (χ3n) is 2.39. The predicted molar refractivity (Wildman–Crippen MR) is 66.1 cm³/mol. The molecule has 2 heterocycles. The van der Waals surface area contributed by atoms with Crippen molar-refractivity contribution in [3.05, 3.63) is 35.3 Å². The van der Waals surface area contributed by atoms with Crippen molar-refractivity contribution in [2.45, 2.75) is 19.8 Å². The zero-order valence-corrected chi connectivity index (χ0v) is 9.71. The summed E-state index contributed by atoms with van der Waals surface area (Å²) in [6, 6.07) is 5.91. The van der Waals surface area contributed by atoms with E-state index >= 15 is 0 Å². The van der Waals surface area contributed by atoms with Gasteiger partial charge in [0.1, 0.15) is 0 Å². The van der Waals surface area contributed by atoms with E-state index in [4.69, 9.17) is 5.73 Å². The minimum Gasteiger partial charge on any atom is -0.390 e. The molecule has 0 radical (unpaired) electrons. The average Bonchev–Trinajstić information content (AvgIpc) is 2.61. The van der Waals surface area contributed by atoms with Gasteiger partial charge in [-0.15, -0.1) is 11.3 Å². The summed E-state index contributed by atoms with van der Waals surface area (Å²) >= 11 is 1.59. The molecule has 0 atom stereocenters. The first kappa shape index (κ1) is 10.2. The zero-order chi connectivity index (χ0) is 10.8. The summed E-state index contributed by atoms with van der Waals surface area (Å²) in [7, 11) is 0. The van der Waals surface area contributed by atoms with Crippen molar-refractivity contribution in [2.75, 3.05) is 5.73 Å². The molecule has 2 nitrogen and oxygen atoms in total. The van der Waals surface area contributed by atoms with Crippen LogP contribution in [0.4, 0.5) is 5.00 Å². The Balaban J connectivity index is 2.57. The Morgan fingerprint density at radius 3 is 2.73 bits per heavy atom. The van der Waals surface area contributed by atoms with E-state index in [1.807, 2.05) is 18.2 Å². The maximum absolute atomic E-state index is 5.99. The molecule has 2 aromatic rings. The van der Waals surface area contributed by atoms with Gasteiger partial charge in [0.2, 0.25) is 0 Å². The summed E-state index contributed by atoms with van der Waals surface area (Å²) in [6.45, 7) is 4.35. The number of aromatic nitrogens is 1. The first-order chi connectivity index (χ1) is 7.20. The molecule has 0 aliphatic rings. The fourth-order valence-corrected chi connectivity index (χ4v) is 2.58. The lowest BCUT2D eigenvalue weighted by Crippen LogP contribution is -1.92. The first-order valence-corrected chi connectivity index (χ1v) is 5.86. The lowest BCUT2D eigenvalue weighted by atomic mass is 9.99. The third kappa shape index (κ3) is 1.88. The SMILES string of the molecule is CC(C)c1csc(N)c1-c1ccccn1. The van der Waals surface area contributed by atoms with Gasteiger partial charge >= 0.3 is 0 Å². The summed E-state index contributed by atoms with van der Waals surface area (Å²) in [5.41, 5.74) is 9.36. The Bertz CT molecular complexity index is 446. The van der Waals surface area contributed by atoms with E-state index < -0.39 is 0 Å². The molecule has 0 saturated heterocycles. The lowest BCUT2D eigenvalue weighted by molar-refractivity contribution is 0.873. The molecule has 2 N–H and O–H groups in total. The summed E-state index contributed by atoms with van der Waals surface area (Å²) in [4.78, 5) is 4.35. The molecule has 78 valence electrons. The largest absolute Gasteiger partial charge is 0.390 e. The van der Waals surface area contributed by atoms with Crippen molar-refractivity contribution in [3.63, 3.8) is 0 Å². The van der Waals surface area contributed by atoms with Gasteiger partial charge in [-0.05, 0) is 29.0 Å². The van der Waals surface area contributed by atoms with Crippen LogP contribution in [-0.2, 0) is 0 Å². The molecule has 0 spiro atoms. The number of nitrogen functional groups attached to an aromatic ring is 1. The van der Waals surface area contributed by atoms with Gasteiger partial charge in [-0.3, -0.25) is 4.98 Å². The second-order valence-electron chi connectivity index (χ2n) is 3.80. The van der Waals surface area contributed by atoms with Gasteiger partial charge < -0.3 is 5.73 Å². The standard InChI is InChI=1S/C12H14N2S/c1-8(2)9-7-15-12(13)11(9)10-5-3-4-6-14-10/h3-8H,13H2,1-2H3. The number of thiophene rings is 1. The summed E-state index contributed by atoms with van der Waals surface area (Å²) in [5.74, 6) is 0.482. The van der Waals surface area contributed by atoms with Crippen LogP contribution >= 0.6 is 11.3 Å². The molecule has 0 aromatic carbocycles. The van der Waals surface area contributed by atoms with Crippen molar-refractivity contribution >= 4 is 16.3 Å². The van der Waals surface area contributed by atoms with Crippen LogP contribution in [0.3, 0.4) is 0 Å². The van der Waals surface area contributed by atoms with Gasteiger partial charge in [0.15, 0.2) is 0 Å². The number of hydrogen-bond donors (Lipinski definition) is 1. The highest BCUT2D eigenvalue weighted by atomic mass is 32.1. The van der Waals surface area contributed by atoms with E-state index in [9.17, 15) is 0 Å². The number of anilines is 1. The molecule has 2 rings (SSSR count). The number of rotatable bonds is 2. The molecule has 0 saturated carbocycles. The zero-order valence-electron chi connectivity index (χ0n) is 8.90. The van der Waals surface area contributed by atoms with Crippen molar-refractivity contribution in [2.24, 2.45) is 0 Å². The Kier molecular flexibility index (Phi) is 2.73. The first-order valence-electron chi connectivity index (χ1n) is 4.98. The van der Waals surface area contributed by atoms with E-state index in [0.29, 0.717) is 5.92 Å². The smallest absolute Gasteiger partial charge is 0.0954 e. The van der Waals surface area contributed by atoms with Crippen LogP contribution in [0.15, 0.2) is 29.8 Å². The Hall–Kier alpha value is -1.35. The molecule has 2 aromatic heterocycles. The second-order valence-corrected chi connectivity index (χ2v) is 4.71. The maximum atomic E-state index is 5.99. The minimum atomic E-state index is 0.482. The van der Waals surface area contributed by atoms with Gasteiger partial charge in [0.25, 0.3) is 0 Å². The number of hydrogen-bond acceptors (Lipinski definition) is 3. The molecular weight excluding hydrogens is 204 g/mol. The third-order valence-corrected chi connectivity index (χ3v) is 3.22. The van der Waals surface area contributed by atoms with E-state index in [2.05, 4.69) is 24.2 Å². The topological polar surface area (TPSA) is 38.9 Å². The quantitative estimate of drug-likeness (QED) is 0.837. The molecule has 0 aliphatic heterocycles. The Morgan fingerprint density at radius 1 is 1.33 bits per heavy atom. The number of pyridine rings is 1. The summed E-state index contributed by atoms with van der Waals surface area (Å²) < 4.78 is 0. The van der Waals surface area contributed by atoms with Gasteiger partial charge in [-0.2, -0.15) is 0 Å². The Labute approximate surface area is 93.8 Å². The van der Waals surface area contributed by atoms with Crippen LogP contribution in [0, 0.1) is 0 Å². The van der Waals surface area contributed by atoms with Crippen molar-refractivity contribution < 1.29 is 0 Å². The minimum absolute atomic E-state index is 0.482. The highest BCUT2D eigenvalue weighted by Crippen LogP contribution is 2.37. The predicted octanol–water partition coefficient (Wildman–Crippen LogP) is 3.52. The fourth-order valence-electron chi connectivity index (χ4n) is 1.60. The van der Waals surface area contributed by atoms with Crippen LogP contribution in [-0.4, -0.2) is 4.98 Å². The number of nitrogens with zero attached hydrogens (tertiary/aromatic N) is 1. The fraction of sp³-hybridized carbons (Fsp3) is 0.250. The van der Waals surface area contributed by atoms with Gasteiger partial charge in [0.05, 0.1) is 10.7 Å². The summed E-state index contributed by atoms with van der Waals surface area (Å²) in [5, 5.41) is 2.99. The van der Waals surface area contributed by atoms with Crippen molar-refractivity contribution in [3.8, 4) is 11.3 Å². The van der Waals surface area contributed by atoms with Crippen LogP contribution in [0.1, 0.15) is 25.3 Å². The molecule has 0 bridgehead atoms. The van der Waals surface area contributed by atoms with Crippen molar-refractivity contribution in [1.29, 1.82) is 0 Å². The molecule has 0 unspecified atom stereocenters. The van der Waals surface area contributed by atoms with Crippen molar-refractivity contribution in [1.82, 2.24) is 4.98 Å². The molecule has 0 amide bonds. The van der Waals surface area contributed by atoms with Crippen LogP contribution in [0.25, 0.3) is 11.3 Å². The average molecular weight is 218 g/mol. The molecule has 0 fully saturated rings. The number of nitrogens with two attached hydrogens (primary N) is 1. The van der Waals surface area contributed by atoms with Crippen LogP contribution in [0.2, 0.25) is 0 Å². The molecule has 15 heavy (non-hydrogen) atoms. The highest BCUT2D eigenvalue weighted by molar-refractivity contribution is 7.14. The van der Waals surface area contributed by atoms with Crippen LogP contribution < -0.4 is 5.73 Å². The van der Waals surface area contributed by atoms with E-state index in [1.54, 1.807) is 17.5 Å².